The summed E-state index contributed by atoms with van der Waals surface area (Å²) in [6, 6.07) is 13.6. The fourth-order valence-corrected chi connectivity index (χ4v) is 2.06. The predicted molar refractivity (Wildman–Crippen MR) is 87.4 cm³/mol. The van der Waals surface area contributed by atoms with E-state index >= 15 is 0 Å². The van der Waals surface area contributed by atoms with Crippen molar-refractivity contribution in [1.82, 2.24) is 5.32 Å². The van der Waals surface area contributed by atoms with E-state index in [1.165, 1.54) is 17.7 Å². The standard InChI is InChI=1S/C18H21FN2O/c1-18(2,3)14-7-9-16(10-8-14)21-17(22)20-12-13-5-4-6-15(19)11-13/h4-11H,12H2,1-3H3,(H2,20,21,22). The predicted octanol–water partition coefficient (Wildman–Crippen LogP) is 4.44. The van der Waals surface area contributed by atoms with Gasteiger partial charge in [0, 0.05) is 12.2 Å². The first-order valence-electron chi connectivity index (χ1n) is 7.24. The number of benzene rings is 2. The Labute approximate surface area is 130 Å². The van der Waals surface area contributed by atoms with Crippen molar-refractivity contribution < 1.29 is 9.18 Å². The molecule has 0 spiro atoms. The largest absolute Gasteiger partial charge is 0.334 e. The fourth-order valence-electron chi connectivity index (χ4n) is 2.06. The van der Waals surface area contributed by atoms with E-state index in [0.29, 0.717) is 0 Å². The van der Waals surface area contributed by atoms with Gasteiger partial charge in [-0.25, -0.2) is 9.18 Å². The molecule has 0 aromatic heterocycles. The van der Waals surface area contributed by atoms with Crippen LogP contribution in [0.4, 0.5) is 14.9 Å². The Morgan fingerprint density at radius 3 is 2.36 bits per heavy atom. The number of amides is 2. The topological polar surface area (TPSA) is 41.1 Å². The van der Waals surface area contributed by atoms with Crippen LogP contribution in [0.1, 0.15) is 31.9 Å². The first-order valence-corrected chi connectivity index (χ1v) is 7.24. The highest BCUT2D eigenvalue weighted by molar-refractivity contribution is 5.89. The van der Waals surface area contributed by atoms with Crippen LogP contribution in [0, 0.1) is 5.82 Å². The van der Waals surface area contributed by atoms with Gasteiger partial charge < -0.3 is 10.6 Å². The number of nitrogens with one attached hydrogen (secondary N) is 2. The van der Waals surface area contributed by atoms with Crippen molar-refractivity contribution in [2.75, 3.05) is 5.32 Å². The molecule has 2 N–H and O–H groups in total. The zero-order chi connectivity index (χ0) is 16.2. The number of urea groups is 1. The zero-order valence-electron chi connectivity index (χ0n) is 13.1. The van der Waals surface area contributed by atoms with Crippen molar-refractivity contribution in [1.29, 1.82) is 0 Å². The van der Waals surface area contributed by atoms with Crippen LogP contribution in [0.15, 0.2) is 48.5 Å². The van der Waals surface area contributed by atoms with Crippen molar-refractivity contribution in [3.05, 3.63) is 65.5 Å². The second-order valence-electron chi connectivity index (χ2n) is 6.26. The quantitative estimate of drug-likeness (QED) is 0.864. The minimum atomic E-state index is -0.312. The molecule has 3 nitrogen and oxygen atoms in total. The van der Waals surface area contributed by atoms with Gasteiger partial charge in [0.1, 0.15) is 5.82 Å². The van der Waals surface area contributed by atoms with E-state index in [-0.39, 0.29) is 23.8 Å². The molecular weight excluding hydrogens is 279 g/mol. The molecule has 0 saturated carbocycles. The fraction of sp³-hybridized carbons (Fsp3) is 0.278. The van der Waals surface area contributed by atoms with E-state index in [0.717, 1.165) is 11.3 Å². The molecule has 2 aromatic carbocycles. The molecule has 0 heterocycles. The maximum atomic E-state index is 13.0. The molecule has 0 aliphatic heterocycles. The van der Waals surface area contributed by atoms with Gasteiger partial charge in [0.15, 0.2) is 0 Å². The maximum absolute atomic E-state index is 13.0. The molecule has 0 radical (unpaired) electrons. The van der Waals surface area contributed by atoms with Crippen LogP contribution >= 0.6 is 0 Å². The number of hydrogen-bond donors (Lipinski definition) is 2. The van der Waals surface area contributed by atoms with Crippen LogP contribution in [-0.2, 0) is 12.0 Å². The van der Waals surface area contributed by atoms with Crippen molar-refractivity contribution in [2.45, 2.75) is 32.7 Å². The van der Waals surface area contributed by atoms with Gasteiger partial charge >= 0.3 is 6.03 Å². The van der Waals surface area contributed by atoms with E-state index in [1.807, 2.05) is 24.3 Å². The van der Waals surface area contributed by atoms with Crippen LogP contribution in [0.5, 0.6) is 0 Å². The first kappa shape index (κ1) is 16.0. The first-order chi connectivity index (χ1) is 10.3. The van der Waals surface area contributed by atoms with Crippen molar-refractivity contribution in [3.63, 3.8) is 0 Å². The number of anilines is 1. The third-order valence-corrected chi connectivity index (χ3v) is 3.35. The van der Waals surface area contributed by atoms with Crippen molar-refractivity contribution in [3.8, 4) is 0 Å². The molecule has 0 aliphatic rings. The van der Waals surface area contributed by atoms with Crippen LogP contribution in [0.3, 0.4) is 0 Å². The van der Waals surface area contributed by atoms with Crippen LogP contribution in [0.25, 0.3) is 0 Å². The summed E-state index contributed by atoms with van der Waals surface area (Å²) in [5.41, 5.74) is 2.74. The van der Waals surface area contributed by atoms with Crippen LogP contribution in [-0.4, -0.2) is 6.03 Å². The molecule has 0 bridgehead atoms. The molecule has 0 fully saturated rings. The van der Waals surface area contributed by atoms with E-state index in [1.54, 1.807) is 12.1 Å². The second kappa shape index (κ2) is 6.60. The maximum Gasteiger partial charge on any atom is 0.319 e. The highest BCUT2D eigenvalue weighted by Gasteiger charge is 2.13. The monoisotopic (exact) mass is 300 g/mol. The Morgan fingerprint density at radius 2 is 1.77 bits per heavy atom. The lowest BCUT2D eigenvalue weighted by Crippen LogP contribution is -2.28. The Hall–Kier alpha value is -2.36. The summed E-state index contributed by atoms with van der Waals surface area (Å²) in [6.07, 6.45) is 0. The van der Waals surface area contributed by atoms with Gasteiger partial charge in [-0.2, -0.15) is 0 Å². The average molecular weight is 300 g/mol. The Morgan fingerprint density at radius 1 is 1.09 bits per heavy atom. The lowest BCUT2D eigenvalue weighted by Gasteiger charge is -2.19. The SMILES string of the molecule is CC(C)(C)c1ccc(NC(=O)NCc2cccc(F)c2)cc1. The third kappa shape index (κ3) is 4.58. The van der Waals surface area contributed by atoms with Crippen LogP contribution < -0.4 is 10.6 Å². The third-order valence-electron chi connectivity index (χ3n) is 3.35. The minimum Gasteiger partial charge on any atom is -0.334 e. The zero-order valence-corrected chi connectivity index (χ0v) is 13.1. The van der Waals surface area contributed by atoms with Crippen LogP contribution in [0.2, 0.25) is 0 Å². The normalized spacial score (nSPS) is 11.1. The van der Waals surface area contributed by atoms with Gasteiger partial charge in [0.25, 0.3) is 0 Å². The summed E-state index contributed by atoms with van der Waals surface area (Å²) < 4.78 is 13.0. The lowest BCUT2D eigenvalue weighted by atomic mass is 9.87. The van der Waals surface area contributed by atoms with Gasteiger partial charge in [-0.3, -0.25) is 0 Å². The summed E-state index contributed by atoms with van der Waals surface area (Å²) in [4.78, 5) is 11.8. The van der Waals surface area contributed by atoms with E-state index in [2.05, 4.69) is 31.4 Å². The smallest absolute Gasteiger partial charge is 0.319 e. The highest BCUT2D eigenvalue weighted by Crippen LogP contribution is 2.23. The Kier molecular flexibility index (Phi) is 4.81. The summed E-state index contributed by atoms with van der Waals surface area (Å²) in [5, 5.41) is 5.46. The average Bonchev–Trinajstić information content (AvgIpc) is 2.45. The molecule has 2 aromatic rings. The molecule has 116 valence electrons. The summed E-state index contributed by atoms with van der Waals surface area (Å²) in [5.74, 6) is -0.308. The van der Waals surface area contributed by atoms with Gasteiger partial charge in [0.05, 0.1) is 0 Å². The highest BCUT2D eigenvalue weighted by atomic mass is 19.1. The van der Waals surface area contributed by atoms with Crippen molar-refractivity contribution >= 4 is 11.7 Å². The Balaban J connectivity index is 1.89. The Bertz CT molecular complexity index is 645. The number of carbonyl (C=O) groups excluding carboxylic acids is 1. The molecule has 2 rings (SSSR count). The number of halogens is 1. The second-order valence-corrected chi connectivity index (χ2v) is 6.26. The molecular formula is C18H21FN2O. The summed E-state index contributed by atoms with van der Waals surface area (Å²) in [6.45, 7) is 6.70. The molecule has 0 saturated heterocycles. The van der Waals surface area contributed by atoms with Gasteiger partial charge in [-0.15, -0.1) is 0 Å². The summed E-state index contributed by atoms with van der Waals surface area (Å²) >= 11 is 0. The number of carbonyl (C=O) groups is 1. The van der Waals surface area contributed by atoms with Gasteiger partial charge in [0.2, 0.25) is 0 Å². The minimum absolute atomic E-state index is 0.0815. The molecule has 2 amide bonds. The van der Waals surface area contributed by atoms with Gasteiger partial charge in [-0.1, -0.05) is 45.0 Å². The lowest BCUT2D eigenvalue weighted by molar-refractivity contribution is 0.251. The molecule has 0 aliphatic carbocycles. The number of hydrogen-bond acceptors (Lipinski definition) is 1. The van der Waals surface area contributed by atoms with Gasteiger partial charge in [-0.05, 0) is 40.8 Å². The molecule has 0 atom stereocenters. The molecule has 4 heteroatoms. The molecule has 0 unspecified atom stereocenters. The number of rotatable bonds is 3. The van der Waals surface area contributed by atoms with Crippen molar-refractivity contribution in [2.24, 2.45) is 0 Å². The molecule has 22 heavy (non-hydrogen) atoms. The summed E-state index contributed by atoms with van der Waals surface area (Å²) in [7, 11) is 0. The van der Waals surface area contributed by atoms with E-state index in [9.17, 15) is 9.18 Å². The van der Waals surface area contributed by atoms with E-state index in [4.69, 9.17) is 0 Å². The van der Waals surface area contributed by atoms with E-state index < -0.39 is 0 Å².